The van der Waals surface area contributed by atoms with E-state index in [0.717, 1.165) is 46.7 Å². The van der Waals surface area contributed by atoms with Gasteiger partial charge in [-0.1, -0.05) is 72.8 Å². The molecule has 6 rings (SSSR count). The van der Waals surface area contributed by atoms with Gasteiger partial charge in [-0.25, -0.2) is 5.43 Å². The largest absolute Gasteiger partial charge is 0.487 e. The van der Waals surface area contributed by atoms with Gasteiger partial charge in [0.1, 0.15) is 12.4 Å². The van der Waals surface area contributed by atoms with Crippen LogP contribution in [-0.2, 0) is 6.61 Å². The number of carbonyl (C=O) groups excluding carboxylic acids is 1. The lowest BCUT2D eigenvalue weighted by atomic mass is 10.1. The second-order valence-electron chi connectivity index (χ2n) is 10.0. The van der Waals surface area contributed by atoms with Crippen LogP contribution in [0.2, 0.25) is 0 Å². The van der Waals surface area contributed by atoms with Crippen LogP contribution < -0.4 is 10.2 Å². The van der Waals surface area contributed by atoms with E-state index in [2.05, 4.69) is 122 Å². The van der Waals surface area contributed by atoms with Crippen molar-refractivity contribution in [3.63, 3.8) is 0 Å². The number of rotatable bonds is 8. The fourth-order valence-corrected chi connectivity index (χ4v) is 7.20. The van der Waals surface area contributed by atoms with Crippen molar-refractivity contribution < 1.29 is 9.53 Å². The van der Waals surface area contributed by atoms with Crippen molar-refractivity contribution in [1.82, 2.24) is 9.99 Å². The van der Waals surface area contributed by atoms with E-state index in [9.17, 15) is 4.79 Å². The average Bonchev–Trinajstić information content (AvgIpc) is 3.42. The molecular weight excluding hydrogens is 760 g/mol. The number of halogens is 2. The van der Waals surface area contributed by atoms with Gasteiger partial charge in [-0.3, -0.25) is 4.79 Å². The Labute approximate surface area is 277 Å². The van der Waals surface area contributed by atoms with Crippen molar-refractivity contribution in [1.29, 1.82) is 0 Å². The lowest BCUT2D eigenvalue weighted by Gasteiger charge is -2.13. The van der Waals surface area contributed by atoms with E-state index >= 15 is 0 Å². The number of hydrazone groups is 1. The maximum Gasteiger partial charge on any atom is 0.271 e. The van der Waals surface area contributed by atoms with Gasteiger partial charge in [0.15, 0.2) is 0 Å². The molecule has 0 saturated carbocycles. The van der Waals surface area contributed by atoms with Crippen molar-refractivity contribution in [3.05, 3.63) is 151 Å². The van der Waals surface area contributed by atoms with Gasteiger partial charge in [0.2, 0.25) is 0 Å². The van der Waals surface area contributed by atoms with E-state index in [1.54, 1.807) is 6.21 Å². The highest BCUT2D eigenvalue weighted by atomic mass is 127. The van der Waals surface area contributed by atoms with Crippen LogP contribution >= 0.6 is 45.2 Å². The third-order valence-electron chi connectivity index (χ3n) is 7.19. The lowest BCUT2D eigenvalue weighted by Crippen LogP contribution is -2.17. The Balaban J connectivity index is 1.11. The molecule has 1 amide bonds. The van der Waals surface area contributed by atoms with Crippen LogP contribution in [0, 0.1) is 14.1 Å². The number of benzene rings is 5. The smallest absolute Gasteiger partial charge is 0.271 e. The first kappa shape index (κ1) is 29.1. The number of ether oxygens (including phenoxy) is 1. The van der Waals surface area contributed by atoms with Gasteiger partial charge in [-0.15, -0.1) is 0 Å². The number of amides is 1. The lowest BCUT2D eigenvalue weighted by molar-refractivity contribution is 0.0955. The molecule has 0 aliphatic heterocycles. The van der Waals surface area contributed by atoms with Crippen LogP contribution in [0.4, 0.5) is 0 Å². The summed E-state index contributed by atoms with van der Waals surface area (Å²) in [6.07, 6.45) is 1.65. The molecule has 6 aromatic rings. The summed E-state index contributed by atoms with van der Waals surface area (Å²) < 4.78 is 10.4. The Kier molecular flexibility index (Phi) is 8.90. The van der Waals surface area contributed by atoms with Crippen molar-refractivity contribution >= 4 is 68.1 Å². The zero-order chi connectivity index (χ0) is 29.8. The molecule has 5 aromatic carbocycles. The summed E-state index contributed by atoms with van der Waals surface area (Å²) in [5.74, 6) is 0.568. The van der Waals surface area contributed by atoms with E-state index in [4.69, 9.17) is 4.74 Å². The first-order valence-electron chi connectivity index (χ1n) is 13.7. The predicted octanol–water partition coefficient (Wildman–Crippen LogP) is 9.16. The quantitative estimate of drug-likeness (QED) is 0.0951. The topological polar surface area (TPSA) is 55.6 Å². The second-order valence-corrected chi connectivity index (χ2v) is 12.4. The molecule has 43 heavy (non-hydrogen) atoms. The monoisotopic (exact) mass is 787 g/mol. The van der Waals surface area contributed by atoms with Crippen LogP contribution in [0.1, 0.15) is 27.2 Å². The Bertz CT molecular complexity index is 1920. The third kappa shape index (κ3) is 6.52. The molecule has 5 nitrogen and oxygen atoms in total. The van der Waals surface area contributed by atoms with Gasteiger partial charge in [-0.2, -0.15) is 5.10 Å². The molecule has 7 heteroatoms. The fourth-order valence-electron chi connectivity index (χ4n) is 5.07. The Morgan fingerprint density at radius 3 is 2.30 bits per heavy atom. The minimum atomic E-state index is -0.269. The minimum Gasteiger partial charge on any atom is -0.487 e. The molecule has 1 heterocycles. The van der Waals surface area contributed by atoms with Crippen LogP contribution in [-0.4, -0.2) is 16.7 Å². The molecule has 0 saturated heterocycles. The highest BCUT2D eigenvalue weighted by Crippen LogP contribution is 2.30. The minimum absolute atomic E-state index is 0.269. The molecule has 0 aliphatic rings. The predicted molar refractivity (Wildman–Crippen MR) is 191 cm³/mol. The molecule has 212 valence electrons. The summed E-state index contributed by atoms with van der Waals surface area (Å²) >= 11 is 4.56. The molecule has 1 N–H and O–H groups in total. The number of hydrogen-bond acceptors (Lipinski definition) is 3. The zero-order valence-corrected chi connectivity index (χ0v) is 27.6. The van der Waals surface area contributed by atoms with Crippen molar-refractivity contribution in [2.24, 2.45) is 5.10 Å². The molecule has 0 bridgehead atoms. The van der Waals surface area contributed by atoms with E-state index in [1.807, 2.05) is 66.7 Å². The summed E-state index contributed by atoms with van der Waals surface area (Å²) in [6.45, 7) is 2.56. The molecule has 0 atom stereocenters. The van der Waals surface area contributed by atoms with E-state index in [-0.39, 0.29) is 5.91 Å². The Hall–Kier alpha value is -3.96. The number of hydrogen-bond donors (Lipinski definition) is 1. The summed E-state index contributed by atoms with van der Waals surface area (Å²) in [5.41, 5.74) is 9.57. The molecular formula is C36H27I2N3O2. The third-order valence-corrected chi connectivity index (χ3v) is 8.79. The van der Waals surface area contributed by atoms with Crippen LogP contribution in [0.15, 0.2) is 126 Å². The zero-order valence-electron chi connectivity index (χ0n) is 23.3. The molecule has 0 aliphatic carbocycles. The fraction of sp³-hybridized carbons (Fsp3) is 0.0556. The average molecular weight is 787 g/mol. The number of fused-ring (bicyclic) bond motifs is 1. The SMILES string of the molecule is Cc1ccc(-c2ccccc2)n1-c1ccc(C(=O)N/N=C/c2cc(I)c(OCc3cccc4ccccc34)c(I)c2)cc1. The molecule has 1 aromatic heterocycles. The number of nitrogens with zero attached hydrogens (tertiary/aromatic N) is 2. The normalized spacial score (nSPS) is 11.2. The van der Waals surface area contributed by atoms with Crippen molar-refractivity contribution in [3.8, 4) is 22.7 Å². The highest BCUT2D eigenvalue weighted by molar-refractivity contribution is 14.1. The summed E-state index contributed by atoms with van der Waals surface area (Å²) in [6, 6.07) is 40.6. The van der Waals surface area contributed by atoms with Crippen molar-refractivity contribution in [2.45, 2.75) is 13.5 Å². The van der Waals surface area contributed by atoms with Crippen LogP contribution in [0.3, 0.4) is 0 Å². The number of nitrogens with one attached hydrogen (secondary N) is 1. The van der Waals surface area contributed by atoms with Crippen molar-refractivity contribution in [2.75, 3.05) is 0 Å². The van der Waals surface area contributed by atoms with Gasteiger partial charge in [0.05, 0.1) is 19.0 Å². The molecule has 0 fully saturated rings. The Morgan fingerprint density at radius 2 is 1.53 bits per heavy atom. The standard InChI is InChI=1S/C36H27I2N3O2/c1-24-14-19-34(27-9-3-2-4-10-27)41(24)30-17-15-28(16-18-30)36(42)40-39-22-25-20-32(37)35(33(38)21-25)43-23-29-12-7-11-26-8-5-6-13-31(26)29/h2-22H,23H2,1H3,(H,40,42)/b39-22+. The molecule has 0 radical (unpaired) electrons. The summed E-state index contributed by atoms with van der Waals surface area (Å²) in [5, 5.41) is 6.62. The van der Waals surface area contributed by atoms with Crippen LogP contribution in [0.5, 0.6) is 5.75 Å². The van der Waals surface area contributed by atoms with E-state index in [0.29, 0.717) is 12.2 Å². The first-order chi connectivity index (χ1) is 21.0. The van der Waals surface area contributed by atoms with Gasteiger partial charge < -0.3 is 9.30 Å². The van der Waals surface area contributed by atoms with Gasteiger partial charge in [-0.05, 0) is 128 Å². The van der Waals surface area contributed by atoms with Crippen LogP contribution in [0.25, 0.3) is 27.7 Å². The van der Waals surface area contributed by atoms with Gasteiger partial charge >= 0.3 is 0 Å². The highest BCUT2D eigenvalue weighted by Gasteiger charge is 2.12. The maximum absolute atomic E-state index is 12.8. The summed E-state index contributed by atoms with van der Waals surface area (Å²) in [4.78, 5) is 12.8. The number of carbonyl (C=O) groups is 1. The van der Waals surface area contributed by atoms with Gasteiger partial charge in [0, 0.05) is 16.9 Å². The Morgan fingerprint density at radius 1 is 0.837 bits per heavy atom. The first-order valence-corrected chi connectivity index (χ1v) is 15.9. The van der Waals surface area contributed by atoms with Gasteiger partial charge in [0.25, 0.3) is 5.91 Å². The number of aromatic nitrogens is 1. The molecule has 0 spiro atoms. The number of aryl methyl sites for hydroxylation is 1. The maximum atomic E-state index is 12.8. The summed E-state index contributed by atoms with van der Waals surface area (Å²) in [7, 11) is 0. The van der Waals surface area contributed by atoms with E-state index in [1.165, 1.54) is 10.8 Å². The molecule has 0 unspecified atom stereocenters. The van der Waals surface area contributed by atoms with E-state index < -0.39 is 0 Å². The second kappa shape index (κ2) is 13.1.